The van der Waals surface area contributed by atoms with E-state index in [9.17, 15) is 9.59 Å². The van der Waals surface area contributed by atoms with Gasteiger partial charge in [-0.15, -0.1) is 11.3 Å². The molecule has 2 N–H and O–H groups in total. The molecule has 2 aliphatic heterocycles. The number of piperidine rings is 2. The second-order valence-electron chi connectivity index (χ2n) is 6.82. The van der Waals surface area contributed by atoms with Crippen molar-refractivity contribution < 1.29 is 9.59 Å². The minimum Gasteiger partial charge on any atom is -0.338 e. The van der Waals surface area contributed by atoms with Crippen LogP contribution in [0.1, 0.15) is 47.0 Å². The predicted molar refractivity (Wildman–Crippen MR) is 96.2 cm³/mol. The van der Waals surface area contributed by atoms with Gasteiger partial charge in [0, 0.05) is 48.9 Å². The van der Waals surface area contributed by atoms with Crippen molar-refractivity contribution in [1.29, 1.82) is 0 Å². The first-order valence-corrected chi connectivity index (χ1v) is 9.80. The Kier molecular flexibility index (Phi) is 5.25. The maximum Gasteiger partial charge on any atom is 0.254 e. The van der Waals surface area contributed by atoms with E-state index in [1.54, 1.807) is 11.3 Å². The monoisotopic (exact) mass is 349 g/mol. The molecule has 0 spiro atoms. The van der Waals surface area contributed by atoms with Crippen LogP contribution < -0.4 is 5.73 Å². The summed E-state index contributed by atoms with van der Waals surface area (Å²) in [6.45, 7) is 6.82. The molecule has 2 aliphatic rings. The fourth-order valence-corrected chi connectivity index (χ4v) is 5.17. The Hall–Kier alpha value is -1.40. The normalized spacial score (nSPS) is 24.2. The summed E-state index contributed by atoms with van der Waals surface area (Å²) in [6, 6.07) is 0.258. The Balaban J connectivity index is 1.73. The molecule has 5 nitrogen and oxygen atoms in total. The molecule has 0 saturated carbocycles. The third-order valence-corrected chi connectivity index (χ3v) is 6.44. The number of fused-ring (bicyclic) bond motifs is 1. The molecule has 0 bridgehead atoms. The highest BCUT2D eigenvalue weighted by Gasteiger charge is 2.40. The Morgan fingerprint density at radius 3 is 2.92 bits per heavy atom. The van der Waals surface area contributed by atoms with Gasteiger partial charge in [-0.25, -0.2) is 0 Å². The molecule has 1 aromatic heterocycles. The number of likely N-dealkylation sites (tertiary alicyclic amines) is 2. The number of nitrogens with zero attached hydrogens (tertiary/aromatic N) is 2. The number of hydrogen-bond donors (Lipinski definition) is 1. The molecule has 6 heteroatoms. The van der Waals surface area contributed by atoms with Crippen molar-refractivity contribution in [1.82, 2.24) is 9.80 Å². The number of nitrogens with two attached hydrogens (primary N) is 1. The molecule has 132 valence electrons. The van der Waals surface area contributed by atoms with E-state index in [4.69, 9.17) is 5.73 Å². The van der Waals surface area contributed by atoms with Gasteiger partial charge in [0.05, 0.1) is 5.56 Å². The van der Waals surface area contributed by atoms with E-state index in [0.29, 0.717) is 25.4 Å². The maximum atomic E-state index is 13.0. The van der Waals surface area contributed by atoms with Gasteiger partial charge < -0.3 is 15.5 Å². The fraction of sp³-hybridized carbons (Fsp3) is 0.667. The van der Waals surface area contributed by atoms with E-state index >= 15 is 0 Å². The summed E-state index contributed by atoms with van der Waals surface area (Å²) < 4.78 is 0. The standard InChI is InChI=1S/C18H27N3O2S/c1-3-14-12(2)24-11-15(14)18(23)20-8-6-16-13(10-20)4-5-17(22)21(16)9-7-19/h11,13,16H,3-10,19H2,1-2H3/t13-,16+/m0/s1. The number of aryl methyl sites for hydroxylation is 1. The van der Waals surface area contributed by atoms with Crippen molar-refractivity contribution >= 4 is 23.2 Å². The van der Waals surface area contributed by atoms with Gasteiger partial charge in [0.1, 0.15) is 0 Å². The zero-order chi connectivity index (χ0) is 17.3. The molecule has 1 aromatic rings. The van der Waals surface area contributed by atoms with Crippen LogP contribution in [-0.2, 0) is 11.2 Å². The first kappa shape index (κ1) is 17.4. The van der Waals surface area contributed by atoms with Gasteiger partial charge in [0.2, 0.25) is 5.91 Å². The highest BCUT2D eigenvalue weighted by molar-refractivity contribution is 7.10. The molecule has 3 heterocycles. The molecule has 2 fully saturated rings. The van der Waals surface area contributed by atoms with Gasteiger partial charge in [0.15, 0.2) is 0 Å². The number of carbonyl (C=O) groups excluding carboxylic acids is 2. The third kappa shape index (κ3) is 3.09. The van der Waals surface area contributed by atoms with Gasteiger partial charge in [0.25, 0.3) is 5.91 Å². The Labute approximate surface area is 147 Å². The van der Waals surface area contributed by atoms with Crippen LogP contribution in [0.15, 0.2) is 5.38 Å². The predicted octanol–water partition coefficient (Wildman–Crippen LogP) is 2.03. The first-order valence-electron chi connectivity index (χ1n) is 8.92. The zero-order valence-corrected chi connectivity index (χ0v) is 15.4. The van der Waals surface area contributed by atoms with Gasteiger partial charge in [-0.1, -0.05) is 6.92 Å². The molecule has 2 amide bonds. The second kappa shape index (κ2) is 7.23. The quantitative estimate of drug-likeness (QED) is 0.904. The second-order valence-corrected chi connectivity index (χ2v) is 7.90. The van der Waals surface area contributed by atoms with Gasteiger partial charge in [-0.2, -0.15) is 0 Å². The minimum atomic E-state index is 0.164. The number of carbonyl (C=O) groups is 2. The largest absolute Gasteiger partial charge is 0.338 e. The number of rotatable bonds is 4. The smallest absolute Gasteiger partial charge is 0.254 e. The summed E-state index contributed by atoms with van der Waals surface area (Å²) in [6.07, 6.45) is 3.24. The average molecular weight is 350 g/mol. The van der Waals surface area contributed by atoms with Crippen molar-refractivity contribution in [2.24, 2.45) is 11.7 Å². The third-order valence-electron chi connectivity index (χ3n) is 5.49. The van der Waals surface area contributed by atoms with Crippen molar-refractivity contribution in [3.05, 3.63) is 21.4 Å². The lowest BCUT2D eigenvalue weighted by Crippen LogP contribution is -2.57. The molecule has 24 heavy (non-hydrogen) atoms. The highest BCUT2D eigenvalue weighted by Crippen LogP contribution is 2.32. The summed E-state index contributed by atoms with van der Waals surface area (Å²) in [5, 5.41) is 2.01. The Morgan fingerprint density at radius 1 is 1.42 bits per heavy atom. The number of amides is 2. The van der Waals surface area contributed by atoms with Crippen LogP contribution in [0.4, 0.5) is 0 Å². The van der Waals surface area contributed by atoms with Crippen LogP contribution >= 0.6 is 11.3 Å². The summed E-state index contributed by atoms with van der Waals surface area (Å²) in [7, 11) is 0. The van der Waals surface area contributed by atoms with E-state index in [0.717, 1.165) is 37.9 Å². The fourth-order valence-electron chi connectivity index (χ4n) is 4.23. The lowest BCUT2D eigenvalue weighted by molar-refractivity contribution is -0.140. The molecule has 0 aliphatic carbocycles. The van der Waals surface area contributed by atoms with Crippen molar-refractivity contribution in [2.75, 3.05) is 26.2 Å². The van der Waals surface area contributed by atoms with Crippen LogP contribution in [0.5, 0.6) is 0 Å². The van der Waals surface area contributed by atoms with E-state index in [2.05, 4.69) is 13.8 Å². The van der Waals surface area contributed by atoms with Crippen LogP contribution in [0.2, 0.25) is 0 Å². The topological polar surface area (TPSA) is 66.6 Å². The molecule has 3 rings (SSSR count). The lowest BCUT2D eigenvalue weighted by atomic mass is 9.83. The summed E-state index contributed by atoms with van der Waals surface area (Å²) >= 11 is 1.66. The molecular formula is C18H27N3O2S. The highest BCUT2D eigenvalue weighted by atomic mass is 32.1. The van der Waals surface area contributed by atoms with E-state index in [-0.39, 0.29) is 17.9 Å². The van der Waals surface area contributed by atoms with Crippen LogP contribution in [0.3, 0.4) is 0 Å². The van der Waals surface area contributed by atoms with Gasteiger partial charge >= 0.3 is 0 Å². The average Bonchev–Trinajstić information content (AvgIpc) is 2.97. The molecule has 2 atom stereocenters. The molecule has 0 unspecified atom stereocenters. The van der Waals surface area contributed by atoms with Crippen molar-refractivity contribution in [3.8, 4) is 0 Å². The summed E-state index contributed by atoms with van der Waals surface area (Å²) in [5.74, 6) is 0.775. The summed E-state index contributed by atoms with van der Waals surface area (Å²) in [4.78, 5) is 30.3. The lowest BCUT2D eigenvalue weighted by Gasteiger charge is -2.47. The first-order chi connectivity index (χ1) is 11.6. The van der Waals surface area contributed by atoms with E-state index < -0.39 is 0 Å². The SMILES string of the molecule is CCc1c(C(=O)N2CC[C@@H]3[C@@H](CCC(=O)N3CCN)C2)csc1C. The summed E-state index contributed by atoms with van der Waals surface area (Å²) in [5.41, 5.74) is 7.74. The molecular weight excluding hydrogens is 322 g/mol. The van der Waals surface area contributed by atoms with Crippen molar-refractivity contribution in [3.63, 3.8) is 0 Å². The minimum absolute atomic E-state index is 0.164. The number of thiophene rings is 1. The van der Waals surface area contributed by atoms with Crippen LogP contribution in [-0.4, -0.2) is 53.8 Å². The molecule has 0 aromatic carbocycles. The van der Waals surface area contributed by atoms with Crippen molar-refractivity contribution in [2.45, 2.75) is 45.6 Å². The van der Waals surface area contributed by atoms with Crippen LogP contribution in [0, 0.1) is 12.8 Å². The number of hydrogen-bond acceptors (Lipinski definition) is 4. The maximum absolute atomic E-state index is 13.0. The van der Waals surface area contributed by atoms with E-state index in [1.807, 2.05) is 15.2 Å². The van der Waals surface area contributed by atoms with Crippen LogP contribution in [0.25, 0.3) is 0 Å². The molecule has 2 saturated heterocycles. The van der Waals surface area contributed by atoms with E-state index in [1.165, 1.54) is 10.4 Å². The van der Waals surface area contributed by atoms with Gasteiger partial charge in [-0.05, 0) is 37.7 Å². The Bertz CT molecular complexity index is 628. The van der Waals surface area contributed by atoms with Gasteiger partial charge in [-0.3, -0.25) is 9.59 Å². The Morgan fingerprint density at radius 2 is 2.21 bits per heavy atom. The molecule has 0 radical (unpaired) electrons. The zero-order valence-electron chi connectivity index (χ0n) is 14.6.